The molecule has 2 N–H and O–H groups in total. The normalized spacial score (nSPS) is 17.9. The summed E-state index contributed by atoms with van der Waals surface area (Å²) in [6.07, 6.45) is 5.56. The maximum Gasteiger partial charge on any atom is 0.323 e. The highest BCUT2D eigenvalue weighted by molar-refractivity contribution is 6.00. The van der Waals surface area contributed by atoms with E-state index in [1.165, 1.54) is 11.1 Å². The summed E-state index contributed by atoms with van der Waals surface area (Å²) >= 11 is 0. The number of carbonyl (C=O) groups is 2. The zero-order chi connectivity index (χ0) is 26.9. The lowest BCUT2D eigenvalue weighted by atomic mass is 9.75. The zero-order valence-corrected chi connectivity index (χ0v) is 22.8. The molecule has 1 aliphatic rings. The number of urea groups is 1. The summed E-state index contributed by atoms with van der Waals surface area (Å²) in [5, 5.41) is 6.11. The third kappa shape index (κ3) is 7.25. The van der Waals surface area contributed by atoms with E-state index in [4.69, 9.17) is 4.74 Å². The van der Waals surface area contributed by atoms with Crippen molar-refractivity contribution in [2.45, 2.75) is 77.0 Å². The van der Waals surface area contributed by atoms with Gasteiger partial charge in [-0.3, -0.25) is 4.79 Å². The molecule has 3 aromatic rings. The minimum Gasteiger partial charge on any atom is -0.466 e. The number of carbonyl (C=O) groups excluding carboxylic acids is 2. The Labute approximate surface area is 227 Å². The summed E-state index contributed by atoms with van der Waals surface area (Å²) in [6, 6.07) is 24.7. The van der Waals surface area contributed by atoms with Gasteiger partial charge in [-0.15, -0.1) is 0 Å². The Hall–Kier alpha value is -3.60. The van der Waals surface area contributed by atoms with E-state index in [-0.39, 0.29) is 17.9 Å². The number of aryl methyl sites for hydroxylation is 1. The van der Waals surface area contributed by atoms with Crippen molar-refractivity contribution in [3.05, 3.63) is 95.1 Å². The molecule has 1 saturated carbocycles. The molecule has 2 amide bonds. The third-order valence-electron chi connectivity index (χ3n) is 7.76. The highest BCUT2D eigenvalue weighted by Gasteiger charge is 2.26. The van der Waals surface area contributed by atoms with Gasteiger partial charge < -0.3 is 15.4 Å². The largest absolute Gasteiger partial charge is 0.466 e. The molecule has 0 aliphatic heterocycles. The average molecular weight is 513 g/mol. The van der Waals surface area contributed by atoms with Crippen LogP contribution in [0.3, 0.4) is 0 Å². The standard InChI is InChI=1S/C33H40N2O3/c1-4-24(22-32(36)38-5-2)28-17-20-30(27-15-13-26(14-16-27)25-9-7-6-8-10-25)31(21-28)35-33(37)34-29-18-11-23(3)12-19-29/h6-12,17-21,24,26-27H,4-5,13-16,22H2,1-3H3,(H2,34,35,37). The van der Waals surface area contributed by atoms with Crippen LogP contribution in [0.25, 0.3) is 0 Å². The van der Waals surface area contributed by atoms with Gasteiger partial charge in [0.1, 0.15) is 0 Å². The molecule has 1 unspecified atom stereocenters. The van der Waals surface area contributed by atoms with Gasteiger partial charge in [0.15, 0.2) is 0 Å². The second-order valence-electron chi connectivity index (χ2n) is 10.4. The SMILES string of the molecule is CCOC(=O)CC(CC)c1ccc(C2CCC(c3ccccc3)CC2)c(NC(=O)Nc2ccc(C)cc2)c1. The second kappa shape index (κ2) is 13.3. The van der Waals surface area contributed by atoms with Crippen molar-refractivity contribution < 1.29 is 14.3 Å². The average Bonchev–Trinajstić information content (AvgIpc) is 2.94. The number of ether oxygens (including phenoxy) is 1. The van der Waals surface area contributed by atoms with Crippen LogP contribution >= 0.6 is 0 Å². The molecule has 0 heterocycles. The number of hydrogen-bond acceptors (Lipinski definition) is 3. The maximum atomic E-state index is 13.1. The molecular formula is C33H40N2O3. The number of hydrogen-bond donors (Lipinski definition) is 2. The fraction of sp³-hybridized carbons (Fsp3) is 0.394. The molecule has 200 valence electrons. The molecule has 0 bridgehead atoms. The van der Waals surface area contributed by atoms with E-state index in [2.05, 4.69) is 66.1 Å². The predicted molar refractivity (Wildman–Crippen MR) is 155 cm³/mol. The molecule has 0 aromatic heterocycles. The Morgan fingerprint density at radius 2 is 1.55 bits per heavy atom. The van der Waals surface area contributed by atoms with E-state index >= 15 is 0 Å². The first-order valence-electron chi connectivity index (χ1n) is 14.0. The molecule has 0 radical (unpaired) electrons. The van der Waals surface area contributed by atoms with Gasteiger partial charge in [0.2, 0.25) is 0 Å². The van der Waals surface area contributed by atoms with E-state index in [1.54, 1.807) is 0 Å². The van der Waals surface area contributed by atoms with Gasteiger partial charge in [0.25, 0.3) is 0 Å². The first-order valence-corrected chi connectivity index (χ1v) is 14.0. The van der Waals surface area contributed by atoms with Crippen molar-refractivity contribution in [2.24, 2.45) is 0 Å². The van der Waals surface area contributed by atoms with Crippen LogP contribution in [-0.2, 0) is 9.53 Å². The first kappa shape index (κ1) is 27.4. The summed E-state index contributed by atoms with van der Waals surface area (Å²) in [5.41, 5.74) is 6.37. The van der Waals surface area contributed by atoms with Gasteiger partial charge in [-0.2, -0.15) is 0 Å². The number of anilines is 2. The topological polar surface area (TPSA) is 67.4 Å². The lowest BCUT2D eigenvalue weighted by Crippen LogP contribution is -2.22. The molecule has 1 aliphatic carbocycles. The summed E-state index contributed by atoms with van der Waals surface area (Å²) in [4.78, 5) is 25.3. The Balaban J connectivity index is 1.55. The molecule has 5 nitrogen and oxygen atoms in total. The lowest BCUT2D eigenvalue weighted by molar-refractivity contribution is -0.143. The Morgan fingerprint density at radius 3 is 2.21 bits per heavy atom. The molecular weight excluding hydrogens is 472 g/mol. The van der Waals surface area contributed by atoms with Crippen LogP contribution < -0.4 is 10.6 Å². The predicted octanol–water partition coefficient (Wildman–Crippen LogP) is 8.53. The third-order valence-corrected chi connectivity index (χ3v) is 7.76. The second-order valence-corrected chi connectivity index (χ2v) is 10.4. The van der Waals surface area contributed by atoms with Crippen molar-refractivity contribution in [2.75, 3.05) is 17.2 Å². The number of amides is 2. The van der Waals surface area contributed by atoms with Crippen LogP contribution in [0.2, 0.25) is 0 Å². The van der Waals surface area contributed by atoms with Gasteiger partial charge in [0, 0.05) is 11.4 Å². The number of esters is 1. The van der Waals surface area contributed by atoms with E-state index in [0.717, 1.165) is 54.6 Å². The van der Waals surface area contributed by atoms with E-state index in [9.17, 15) is 9.59 Å². The summed E-state index contributed by atoms with van der Waals surface area (Å²) in [7, 11) is 0. The molecule has 4 rings (SSSR count). The van der Waals surface area contributed by atoms with Gasteiger partial charge in [0.05, 0.1) is 13.0 Å². The quantitative estimate of drug-likeness (QED) is 0.282. The van der Waals surface area contributed by atoms with Gasteiger partial charge in [-0.05, 0) is 98.6 Å². The van der Waals surface area contributed by atoms with Crippen LogP contribution in [0.1, 0.15) is 92.4 Å². The van der Waals surface area contributed by atoms with Crippen LogP contribution in [0.4, 0.5) is 16.2 Å². The molecule has 0 saturated heterocycles. The minimum absolute atomic E-state index is 0.0395. The number of rotatable bonds is 9. The molecule has 38 heavy (non-hydrogen) atoms. The van der Waals surface area contributed by atoms with Crippen molar-refractivity contribution in [1.29, 1.82) is 0 Å². The highest BCUT2D eigenvalue weighted by Crippen LogP contribution is 2.43. The molecule has 3 aromatic carbocycles. The molecule has 5 heteroatoms. The van der Waals surface area contributed by atoms with Gasteiger partial charge in [-0.25, -0.2) is 4.79 Å². The van der Waals surface area contributed by atoms with Crippen molar-refractivity contribution in [3.63, 3.8) is 0 Å². The fourth-order valence-corrected chi connectivity index (χ4v) is 5.60. The van der Waals surface area contributed by atoms with Crippen LogP contribution in [0.15, 0.2) is 72.8 Å². The summed E-state index contributed by atoms with van der Waals surface area (Å²) in [5.74, 6) is 0.817. The Kier molecular flexibility index (Phi) is 9.58. The highest BCUT2D eigenvalue weighted by atomic mass is 16.5. The lowest BCUT2D eigenvalue weighted by Gasteiger charge is -2.31. The van der Waals surface area contributed by atoms with Crippen molar-refractivity contribution in [1.82, 2.24) is 0 Å². The number of nitrogens with one attached hydrogen (secondary N) is 2. The van der Waals surface area contributed by atoms with Gasteiger partial charge in [-0.1, -0.05) is 67.1 Å². The Morgan fingerprint density at radius 1 is 0.868 bits per heavy atom. The monoisotopic (exact) mass is 512 g/mol. The van der Waals surface area contributed by atoms with E-state index in [1.807, 2.05) is 38.1 Å². The molecule has 1 fully saturated rings. The minimum atomic E-state index is -0.260. The van der Waals surface area contributed by atoms with Crippen molar-refractivity contribution in [3.8, 4) is 0 Å². The number of benzene rings is 3. The first-order chi connectivity index (χ1) is 18.5. The fourth-order valence-electron chi connectivity index (χ4n) is 5.60. The summed E-state index contributed by atoms with van der Waals surface area (Å²) < 4.78 is 5.21. The van der Waals surface area contributed by atoms with Crippen LogP contribution in [-0.4, -0.2) is 18.6 Å². The van der Waals surface area contributed by atoms with Crippen LogP contribution in [0.5, 0.6) is 0 Å². The van der Waals surface area contributed by atoms with Crippen LogP contribution in [0, 0.1) is 6.92 Å². The molecule has 0 spiro atoms. The molecule has 1 atom stereocenters. The smallest absolute Gasteiger partial charge is 0.323 e. The summed E-state index contributed by atoms with van der Waals surface area (Å²) in [6.45, 7) is 6.31. The van der Waals surface area contributed by atoms with Crippen molar-refractivity contribution >= 4 is 23.4 Å². The van der Waals surface area contributed by atoms with Gasteiger partial charge >= 0.3 is 12.0 Å². The zero-order valence-electron chi connectivity index (χ0n) is 22.8. The van der Waals surface area contributed by atoms with E-state index in [0.29, 0.717) is 24.9 Å². The Bertz CT molecular complexity index is 1200. The maximum absolute atomic E-state index is 13.1. The van der Waals surface area contributed by atoms with E-state index < -0.39 is 0 Å².